The maximum absolute atomic E-state index is 13.3. The van der Waals surface area contributed by atoms with Gasteiger partial charge in [0.1, 0.15) is 12.2 Å². The Labute approximate surface area is 151 Å². The van der Waals surface area contributed by atoms with Crippen molar-refractivity contribution in [3.8, 4) is 0 Å². The minimum atomic E-state index is -6.62. The van der Waals surface area contributed by atoms with Gasteiger partial charge in [0.2, 0.25) is 0 Å². The molecule has 0 aliphatic carbocycles. The zero-order valence-corrected chi connectivity index (χ0v) is 14.5. The van der Waals surface area contributed by atoms with Crippen molar-refractivity contribution in [3.63, 3.8) is 0 Å². The van der Waals surface area contributed by atoms with Crippen LogP contribution < -0.4 is 0 Å². The standard InChI is InChI=1S/C11H11F8NO7S/c1-5(10(14,15)16)6(21)27-9(11(17,18)19,7(22)20(2)3)26-4-8(12,13)28(23,24)25/h1,4H2,2-3H3,(H,23,24,25)/p-1. The van der Waals surface area contributed by atoms with Crippen molar-refractivity contribution in [2.75, 3.05) is 20.7 Å². The van der Waals surface area contributed by atoms with E-state index in [1.165, 1.54) is 0 Å². The second-order valence-corrected chi connectivity index (χ2v) is 6.57. The van der Waals surface area contributed by atoms with Gasteiger partial charge in [-0.2, -0.15) is 35.1 Å². The molecule has 1 amide bonds. The summed E-state index contributed by atoms with van der Waals surface area (Å²) in [6.45, 7) is -0.879. The molecular weight excluding hydrogens is 442 g/mol. The van der Waals surface area contributed by atoms with Crippen LogP contribution in [0.15, 0.2) is 12.2 Å². The summed E-state index contributed by atoms with van der Waals surface area (Å²) < 4.78 is 141. The van der Waals surface area contributed by atoms with E-state index in [1.807, 2.05) is 0 Å². The van der Waals surface area contributed by atoms with Crippen molar-refractivity contribution in [2.45, 2.75) is 23.4 Å². The van der Waals surface area contributed by atoms with Crippen molar-refractivity contribution in [1.82, 2.24) is 4.90 Å². The van der Waals surface area contributed by atoms with Crippen molar-refractivity contribution in [1.29, 1.82) is 0 Å². The maximum Gasteiger partial charge on any atom is 0.466 e. The molecule has 0 saturated carbocycles. The van der Waals surface area contributed by atoms with E-state index >= 15 is 0 Å². The lowest BCUT2D eigenvalue weighted by Crippen LogP contribution is -2.62. The molecule has 1 unspecified atom stereocenters. The van der Waals surface area contributed by atoms with Crippen LogP contribution in [0.25, 0.3) is 0 Å². The Balaban J connectivity index is 6.32. The molecule has 0 radical (unpaired) electrons. The monoisotopic (exact) mass is 452 g/mol. The highest BCUT2D eigenvalue weighted by atomic mass is 32.2. The van der Waals surface area contributed by atoms with Crippen LogP contribution in [0.4, 0.5) is 35.1 Å². The third kappa shape index (κ3) is 5.51. The highest BCUT2D eigenvalue weighted by Crippen LogP contribution is 2.39. The number of alkyl halides is 8. The molecule has 17 heteroatoms. The molecule has 0 aliphatic heterocycles. The summed E-state index contributed by atoms with van der Waals surface area (Å²) in [7, 11) is -5.54. The molecule has 164 valence electrons. The summed E-state index contributed by atoms with van der Waals surface area (Å²) in [6, 6.07) is 0. The molecule has 0 aromatic heterocycles. The first kappa shape index (κ1) is 26.0. The second-order valence-electron chi connectivity index (χ2n) is 5.06. The number of carbonyl (C=O) groups excluding carboxylic acids is 2. The molecule has 0 fully saturated rings. The van der Waals surface area contributed by atoms with Gasteiger partial charge in [0, 0.05) is 14.1 Å². The van der Waals surface area contributed by atoms with Crippen LogP contribution >= 0.6 is 0 Å². The van der Waals surface area contributed by atoms with Gasteiger partial charge in [-0.3, -0.25) is 4.79 Å². The van der Waals surface area contributed by atoms with Gasteiger partial charge in [-0.05, 0) is 0 Å². The fourth-order valence-corrected chi connectivity index (χ4v) is 1.46. The van der Waals surface area contributed by atoms with Crippen molar-refractivity contribution < 1.29 is 67.2 Å². The van der Waals surface area contributed by atoms with E-state index in [-0.39, 0.29) is 4.90 Å². The van der Waals surface area contributed by atoms with Gasteiger partial charge >= 0.3 is 35.3 Å². The number of likely N-dealkylation sites (N-methyl/N-ethyl adjacent to an activating group) is 1. The Hall–Kier alpha value is -2.01. The summed E-state index contributed by atoms with van der Waals surface area (Å²) in [4.78, 5) is 23.1. The topological polar surface area (TPSA) is 113 Å². The van der Waals surface area contributed by atoms with Crippen molar-refractivity contribution in [2.24, 2.45) is 0 Å². The van der Waals surface area contributed by atoms with Gasteiger partial charge in [-0.25, -0.2) is 13.2 Å². The highest BCUT2D eigenvalue weighted by Gasteiger charge is 2.68. The number of ether oxygens (including phenoxy) is 2. The molecular formula is C11H10F8NO7S-. The normalized spacial score (nSPS) is 15.5. The quantitative estimate of drug-likeness (QED) is 0.187. The van der Waals surface area contributed by atoms with E-state index in [4.69, 9.17) is 0 Å². The molecule has 0 spiro atoms. The van der Waals surface area contributed by atoms with E-state index in [1.54, 1.807) is 0 Å². The van der Waals surface area contributed by atoms with Crippen LogP contribution in [-0.2, 0) is 29.2 Å². The lowest BCUT2D eigenvalue weighted by atomic mass is 10.2. The van der Waals surface area contributed by atoms with Crippen LogP contribution in [0.5, 0.6) is 0 Å². The third-order valence-electron chi connectivity index (χ3n) is 2.70. The Bertz CT molecular complexity index is 743. The Morgan fingerprint density at radius 2 is 1.46 bits per heavy atom. The van der Waals surface area contributed by atoms with Crippen LogP contribution in [0.1, 0.15) is 0 Å². The summed E-state index contributed by atoms with van der Waals surface area (Å²) in [6.07, 6.45) is -11.9. The van der Waals surface area contributed by atoms with E-state index in [0.29, 0.717) is 14.1 Å². The number of carbonyl (C=O) groups is 2. The largest absolute Gasteiger partial charge is 0.743 e. The first-order valence-corrected chi connectivity index (χ1v) is 7.76. The average molecular weight is 452 g/mol. The molecule has 0 aromatic carbocycles. The van der Waals surface area contributed by atoms with E-state index in [0.717, 1.165) is 0 Å². The van der Waals surface area contributed by atoms with Crippen LogP contribution in [0.2, 0.25) is 0 Å². The Morgan fingerprint density at radius 1 is 1.04 bits per heavy atom. The fraction of sp³-hybridized carbons (Fsp3) is 0.636. The molecule has 0 aromatic rings. The SMILES string of the molecule is C=C(C(=O)OC(OCC(F)(F)S(=O)(=O)[O-])(C(=O)N(C)C)C(F)(F)F)C(F)(F)F. The average Bonchev–Trinajstić information content (AvgIpc) is 2.46. The zero-order chi connectivity index (χ0) is 22.9. The number of nitrogens with zero attached hydrogens (tertiary/aromatic N) is 1. The minimum Gasteiger partial charge on any atom is -0.743 e. The molecule has 8 nitrogen and oxygen atoms in total. The lowest BCUT2D eigenvalue weighted by Gasteiger charge is -2.36. The molecule has 0 aliphatic rings. The van der Waals surface area contributed by atoms with E-state index < -0.39 is 57.6 Å². The van der Waals surface area contributed by atoms with E-state index in [9.17, 15) is 57.7 Å². The lowest BCUT2D eigenvalue weighted by molar-refractivity contribution is -0.356. The first-order valence-electron chi connectivity index (χ1n) is 6.35. The highest BCUT2D eigenvalue weighted by molar-refractivity contribution is 7.86. The molecule has 1 atom stereocenters. The van der Waals surface area contributed by atoms with Crippen molar-refractivity contribution >= 4 is 22.0 Å². The Morgan fingerprint density at radius 3 is 1.75 bits per heavy atom. The zero-order valence-electron chi connectivity index (χ0n) is 13.7. The number of hydrogen-bond donors (Lipinski definition) is 0. The van der Waals surface area contributed by atoms with Gasteiger partial charge < -0.3 is 18.9 Å². The predicted octanol–water partition coefficient (Wildman–Crippen LogP) is 1.15. The molecule has 0 N–H and O–H groups in total. The fourth-order valence-electron chi connectivity index (χ4n) is 1.26. The summed E-state index contributed by atoms with van der Waals surface area (Å²) in [5.41, 5.74) is -2.57. The molecule has 0 heterocycles. The minimum absolute atomic E-state index is 0.0685. The maximum atomic E-state index is 13.3. The Kier molecular flexibility index (Phi) is 7.22. The second kappa shape index (κ2) is 7.78. The van der Waals surface area contributed by atoms with Crippen LogP contribution in [0, 0.1) is 0 Å². The van der Waals surface area contributed by atoms with E-state index in [2.05, 4.69) is 16.1 Å². The predicted molar refractivity (Wildman–Crippen MR) is 69.4 cm³/mol. The van der Waals surface area contributed by atoms with Crippen molar-refractivity contribution in [3.05, 3.63) is 12.2 Å². The van der Waals surface area contributed by atoms with Gasteiger partial charge in [-0.1, -0.05) is 6.58 Å². The summed E-state index contributed by atoms with van der Waals surface area (Å²) in [5.74, 6) is -10.6. The molecule has 28 heavy (non-hydrogen) atoms. The first-order chi connectivity index (χ1) is 12.1. The van der Waals surface area contributed by atoms with Gasteiger partial charge in [-0.15, -0.1) is 0 Å². The van der Waals surface area contributed by atoms with Gasteiger partial charge in [0.25, 0.3) is 0 Å². The number of rotatable bonds is 7. The molecule has 0 saturated heterocycles. The smallest absolute Gasteiger partial charge is 0.466 e. The van der Waals surface area contributed by atoms with Crippen LogP contribution in [-0.4, -0.2) is 73.8 Å². The summed E-state index contributed by atoms with van der Waals surface area (Å²) in [5, 5.41) is -5.57. The molecule has 0 bridgehead atoms. The third-order valence-corrected chi connectivity index (χ3v) is 3.54. The number of esters is 1. The van der Waals surface area contributed by atoms with Gasteiger partial charge in [0.15, 0.2) is 10.1 Å². The number of amides is 1. The number of halogens is 8. The van der Waals surface area contributed by atoms with Crippen LogP contribution in [0.3, 0.4) is 0 Å². The summed E-state index contributed by atoms with van der Waals surface area (Å²) >= 11 is 0. The van der Waals surface area contributed by atoms with Gasteiger partial charge in [0.05, 0.1) is 0 Å². The molecule has 0 rings (SSSR count). The number of hydrogen-bond acceptors (Lipinski definition) is 7.